The van der Waals surface area contributed by atoms with Crippen molar-refractivity contribution in [3.8, 4) is 5.75 Å². The summed E-state index contributed by atoms with van der Waals surface area (Å²) >= 11 is 0. The fraction of sp³-hybridized carbons (Fsp3) is 0.556. The maximum Gasteiger partial charge on any atom is 0.303 e. The summed E-state index contributed by atoms with van der Waals surface area (Å²) in [6.45, 7) is 8.76. The summed E-state index contributed by atoms with van der Waals surface area (Å²) in [7, 11) is 0. The highest BCUT2D eigenvalue weighted by Gasteiger charge is 2.17. The number of hydrogen-bond acceptors (Lipinski definition) is 3. The Bertz CT molecular complexity index is 532. The average Bonchev–Trinajstić information content (AvgIpc) is 2.44. The van der Waals surface area contributed by atoms with Gasteiger partial charge in [-0.3, -0.25) is 9.59 Å². The fourth-order valence-corrected chi connectivity index (χ4v) is 2.26. The minimum absolute atomic E-state index is 0.0315. The molecule has 1 aromatic rings. The molecule has 22 heavy (non-hydrogen) atoms. The molecule has 1 rings (SSSR count). The number of ketones is 1. The summed E-state index contributed by atoms with van der Waals surface area (Å²) in [4.78, 5) is 22.8. The van der Waals surface area contributed by atoms with Crippen LogP contribution >= 0.6 is 0 Å². The maximum atomic E-state index is 12.2. The molecule has 0 aliphatic rings. The zero-order valence-corrected chi connectivity index (χ0v) is 13.9. The lowest BCUT2D eigenvalue weighted by Crippen LogP contribution is -2.08. The number of unbranched alkanes of at least 4 members (excludes halogenated alkanes) is 1. The van der Waals surface area contributed by atoms with Crippen molar-refractivity contribution in [3.05, 3.63) is 28.8 Å². The third-order valence-electron chi connectivity index (χ3n) is 3.60. The Hall–Kier alpha value is -1.84. The van der Waals surface area contributed by atoms with Gasteiger partial charge in [-0.1, -0.05) is 27.2 Å². The van der Waals surface area contributed by atoms with Gasteiger partial charge in [0.05, 0.1) is 13.0 Å². The number of carboxylic acid groups (broad SMARTS) is 1. The van der Waals surface area contributed by atoms with E-state index >= 15 is 0 Å². The zero-order chi connectivity index (χ0) is 16.7. The van der Waals surface area contributed by atoms with Crippen molar-refractivity contribution in [1.29, 1.82) is 0 Å². The van der Waals surface area contributed by atoms with E-state index in [2.05, 4.69) is 20.8 Å². The molecule has 0 saturated carbocycles. The number of aliphatic carboxylic acids is 1. The van der Waals surface area contributed by atoms with Gasteiger partial charge in [0.15, 0.2) is 5.78 Å². The van der Waals surface area contributed by atoms with E-state index in [0.29, 0.717) is 12.2 Å². The molecule has 0 radical (unpaired) electrons. The largest absolute Gasteiger partial charge is 0.493 e. The minimum Gasteiger partial charge on any atom is -0.493 e. The molecule has 0 fully saturated rings. The second-order valence-electron chi connectivity index (χ2n) is 5.88. The van der Waals surface area contributed by atoms with E-state index in [1.807, 2.05) is 19.1 Å². The van der Waals surface area contributed by atoms with Gasteiger partial charge in [-0.25, -0.2) is 0 Å². The van der Waals surface area contributed by atoms with Crippen LogP contribution in [0.4, 0.5) is 0 Å². The first-order valence-electron chi connectivity index (χ1n) is 7.89. The van der Waals surface area contributed by atoms with Crippen LogP contribution < -0.4 is 4.74 Å². The molecular weight excluding hydrogens is 280 g/mol. The fourth-order valence-electron chi connectivity index (χ4n) is 2.26. The summed E-state index contributed by atoms with van der Waals surface area (Å²) in [6.07, 6.45) is 1.96. The molecule has 0 saturated heterocycles. The van der Waals surface area contributed by atoms with E-state index < -0.39 is 5.97 Å². The quantitative estimate of drug-likeness (QED) is 0.544. The van der Waals surface area contributed by atoms with Gasteiger partial charge < -0.3 is 9.84 Å². The Balaban J connectivity index is 3.03. The van der Waals surface area contributed by atoms with E-state index in [9.17, 15) is 9.59 Å². The van der Waals surface area contributed by atoms with E-state index in [4.69, 9.17) is 9.84 Å². The van der Waals surface area contributed by atoms with Crippen LogP contribution in [0.5, 0.6) is 5.75 Å². The summed E-state index contributed by atoms with van der Waals surface area (Å²) in [5, 5.41) is 8.71. The van der Waals surface area contributed by atoms with Crippen LogP contribution in [0.15, 0.2) is 12.1 Å². The third-order valence-corrected chi connectivity index (χ3v) is 3.60. The molecule has 1 aromatic carbocycles. The predicted molar refractivity (Wildman–Crippen MR) is 86.9 cm³/mol. The van der Waals surface area contributed by atoms with Crippen molar-refractivity contribution in [2.75, 3.05) is 6.61 Å². The third kappa shape index (κ3) is 5.17. The molecule has 0 spiro atoms. The molecule has 1 N–H and O–H groups in total. The Labute approximate surface area is 132 Å². The standard InChI is InChI=1S/C18H26O4/c1-5-6-9-22-17-10-13(4)15(11-14(17)12(2)3)16(19)7-8-18(20)21/h10-12H,5-9H2,1-4H3,(H,20,21). The summed E-state index contributed by atoms with van der Waals surface area (Å²) in [5.74, 6) is -0.00417. The van der Waals surface area contributed by atoms with Gasteiger partial charge >= 0.3 is 5.97 Å². The highest BCUT2D eigenvalue weighted by Crippen LogP contribution is 2.30. The van der Waals surface area contributed by atoms with Crippen molar-refractivity contribution >= 4 is 11.8 Å². The SMILES string of the molecule is CCCCOc1cc(C)c(C(=O)CCC(=O)O)cc1C(C)C. The number of carboxylic acids is 1. The number of carbonyl (C=O) groups is 2. The van der Waals surface area contributed by atoms with Crippen molar-refractivity contribution in [3.63, 3.8) is 0 Å². The van der Waals surface area contributed by atoms with Gasteiger partial charge in [-0.15, -0.1) is 0 Å². The van der Waals surface area contributed by atoms with E-state index in [-0.39, 0.29) is 24.5 Å². The maximum absolute atomic E-state index is 12.2. The highest BCUT2D eigenvalue weighted by atomic mass is 16.5. The van der Waals surface area contributed by atoms with Gasteiger partial charge in [0.1, 0.15) is 5.75 Å². The number of hydrogen-bond donors (Lipinski definition) is 1. The molecule has 0 aliphatic carbocycles. The molecule has 0 bridgehead atoms. The molecule has 0 aromatic heterocycles. The number of Topliss-reactive ketones (excluding diaryl/α,β-unsaturated/α-hetero) is 1. The number of benzene rings is 1. The average molecular weight is 306 g/mol. The topological polar surface area (TPSA) is 63.6 Å². The Kier molecular flexibility index (Phi) is 7.09. The first-order valence-corrected chi connectivity index (χ1v) is 7.89. The minimum atomic E-state index is -0.949. The van der Waals surface area contributed by atoms with Gasteiger partial charge in [-0.2, -0.15) is 0 Å². The van der Waals surface area contributed by atoms with E-state index in [0.717, 1.165) is 29.7 Å². The first-order chi connectivity index (χ1) is 10.4. The number of ether oxygens (including phenoxy) is 1. The smallest absolute Gasteiger partial charge is 0.303 e. The normalized spacial score (nSPS) is 10.8. The zero-order valence-electron chi connectivity index (χ0n) is 13.9. The highest BCUT2D eigenvalue weighted by molar-refractivity contribution is 5.99. The number of carbonyl (C=O) groups excluding carboxylic acids is 1. The first kappa shape index (κ1) is 18.2. The second-order valence-corrected chi connectivity index (χ2v) is 5.88. The molecule has 0 heterocycles. The molecule has 4 nitrogen and oxygen atoms in total. The van der Waals surface area contributed by atoms with Crippen molar-refractivity contribution in [1.82, 2.24) is 0 Å². The van der Waals surface area contributed by atoms with Gasteiger partial charge in [0, 0.05) is 12.0 Å². The predicted octanol–water partition coefficient (Wildman–Crippen LogP) is 4.34. The summed E-state index contributed by atoms with van der Waals surface area (Å²) in [6, 6.07) is 3.77. The lowest BCUT2D eigenvalue weighted by molar-refractivity contribution is -0.136. The lowest BCUT2D eigenvalue weighted by atomic mass is 9.93. The summed E-state index contributed by atoms with van der Waals surface area (Å²) in [5.41, 5.74) is 2.44. The Morgan fingerprint density at radius 3 is 2.45 bits per heavy atom. The molecule has 4 heteroatoms. The molecule has 122 valence electrons. The van der Waals surface area contributed by atoms with Gasteiger partial charge in [-0.05, 0) is 42.5 Å². The number of rotatable bonds is 9. The van der Waals surface area contributed by atoms with E-state index in [1.165, 1.54) is 0 Å². The Morgan fingerprint density at radius 1 is 1.23 bits per heavy atom. The second kappa shape index (κ2) is 8.57. The monoisotopic (exact) mass is 306 g/mol. The van der Waals surface area contributed by atoms with Crippen molar-refractivity contribution in [2.24, 2.45) is 0 Å². The number of aryl methyl sites for hydroxylation is 1. The molecule has 0 unspecified atom stereocenters. The van der Waals surface area contributed by atoms with E-state index in [1.54, 1.807) is 0 Å². The van der Waals surface area contributed by atoms with Crippen LogP contribution in [-0.2, 0) is 4.79 Å². The Morgan fingerprint density at radius 2 is 1.91 bits per heavy atom. The molecule has 0 atom stereocenters. The van der Waals surface area contributed by atoms with Gasteiger partial charge in [0.25, 0.3) is 0 Å². The van der Waals surface area contributed by atoms with Crippen LogP contribution in [0, 0.1) is 6.92 Å². The molecule has 0 amide bonds. The van der Waals surface area contributed by atoms with Crippen LogP contribution in [-0.4, -0.2) is 23.5 Å². The van der Waals surface area contributed by atoms with Gasteiger partial charge in [0.2, 0.25) is 0 Å². The summed E-state index contributed by atoms with van der Waals surface area (Å²) < 4.78 is 5.85. The van der Waals surface area contributed by atoms with Crippen LogP contribution in [0.2, 0.25) is 0 Å². The lowest BCUT2D eigenvalue weighted by Gasteiger charge is -2.17. The van der Waals surface area contributed by atoms with Crippen LogP contribution in [0.25, 0.3) is 0 Å². The van der Waals surface area contributed by atoms with Crippen molar-refractivity contribution < 1.29 is 19.4 Å². The molecule has 0 aliphatic heterocycles. The van der Waals surface area contributed by atoms with Crippen molar-refractivity contribution in [2.45, 2.75) is 59.3 Å². The molecular formula is C18H26O4. The van der Waals surface area contributed by atoms with Crippen LogP contribution in [0.3, 0.4) is 0 Å². The van der Waals surface area contributed by atoms with Crippen LogP contribution in [0.1, 0.15) is 73.9 Å².